The second kappa shape index (κ2) is 27.8. The van der Waals surface area contributed by atoms with E-state index in [2.05, 4.69) is 26.3 Å². The van der Waals surface area contributed by atoms with Gasteiger partial charge in [-0.2, -0.15) is 0 Å². The average molecular weight is 493 g/mol. The fraction of sp³-hybridized carbons (Fsp3) is 0.478. The first-order chi connectivity index (χ1) is 15.6. The zero-order valence-corrected chi connectivity index (χ0v) is 20.4. The third-order valence-electron chi connectivity index (χ3n) is 3.18. The first-order valence-corrected chi connectivity index (χ1v) is 9.81. The van der Waals surface area contributed by atoms with Gasteiger partial charge in [0.2, 0.25) is 0 Å². The van der Waals surface area contributed by atoms with Crippen molar-refractivity contribution in [3.8, 4) is 0 Å². The highest BCUT2D eigenvalue weighted by Crippen LogP contribution is 2.18. The number of ether oxygens (including phenoxy) is 1. The SMILES string of the molecule is C=C(C)C(=O)OCC(C)C.C=CC(=O)O.C=CC(=O)O.C=CC(=O)O.CCC(CO)(CO)CO. The van der Waals surface area contributed by atoms with Crippen molar-refractivity contribution in [1.82, 2.24) is 0 Å². The maximum absolute atomic E-state index is 10.7. The lowest BCUT2D eigenvalue weighted by Crippen LogP contribution is -2.32. The molecule has 0 rings (SSSR count). The van der Waals surface area contributed by atoms with E-state index in [1.165, 1.54) is 0 Å². The number of esters is 1. The molecule has 0 aromatic rings. The maximum Gasteiger partial charge on any atom is 0.333 e. The number of aliphatic hydroxyl groups is 3. The van der Waals surface area contributed by atoms with Gasteiger partial charge in [-0.1, -0.05) is 47.1 Å². The smallest absolute Gasteiger partial charge is 0.333 e. The van der Waals surface area contributed by atoms with Crippen LogP contribution in [0, 0.1) is 11.3 Å². The van der Waals surface area contributed by atoms with Gasteiger partial charge in [0.1, 0.15) is 0 Å². The molecular weight excluding hydrogens is 452 g/mol. The summed E-state index contributed by atoms with van der Waals surface area (Å²) in [5, 5.41) is 48.8. The summed E-state index contributed by atoms with van der Waals surface area (Å²) in [6.07, 6.45) is 3.09. The van der Waals surface area contributed by atoms with Crippen LogP contribution in [0.1, 0.15) is 34.1 Å². The van der Waals surface area contributed by atoms with Gasteiger partial charge in [0.25, 0.3) is 0 Å². The van der Waals surface area contributed by atoms with E-state index in [1.807, 2.05) is 20.8 Å². The van der Waals surface area contributed by atoms with Crippen LogP contribution in [0.4, 0.5) is 0 Å². The number of hydrogen-bond donors (Lipinski definition) is 6. The van der Waals surface area contributed by atoms with Crippen LogP contribution in [-0.2, 0) is 23.9 Å². The van der Waals surface area contributed by atoms with E-state index < -0.39 is 23.3 Å². The van der Waals surface area contributed by atoms with Crippen molar-refractivity contribution in [2.45, 2.75) is 34.1 Å². The van der Waals surface area contributed by atoms with Crippen LogP contribution in [0.3, 0.4) is 0 Å². The van der Waals surface area contributed by atoms with Crippen molar-refractivity contribution in [3.63, 3.8) is 0 Å². The third kappa shape index (κ3) is 39.2. The largest absolute Gasteiger partial charge is 0.478 e. The van der Waals surface area contributed by atoms with Crippen LogP contribution in [0.25, 0.3) is 0 Å². The van der Waals surface area contributed by atoms with Crippen molar-refractivity contribution in [2.24, 2.45) is 11.3 Å². The molecule has 0 aromatic carbocycles. The Kier molecular flexibility index (Phi) is 33.5. The number of carboxylic acid groups (broad SMARTS) is 3. The van der Waals surface area contributed by atoms with Crippen LogP contribution < -0.4 is 0 Å². The minimum Gasteiger partial charge on any atom is -0.478 e. The summed E-state index contributed by atoms with van der Waals surface area (Å²) in [5.74, 6) is -2.85. The van der Waals surface area contributed by atoms with E-state index in [1.54, 1.807) is 6.92 Å². The molecule has 0 aliphatic carbocycles. The van der Waals surface area contributed by atoms with E-state index >= 15 is 0 Å². The van der Waals surface area contributed by atoms with Crippen molar-refractivity contribution < 1.29 is 54.6 Å². The Morgan fingerprint density at radius 2 is 1.09 bits per heavy atom. The van der Waals surface area contributed by atoms with Crippen LogP contribution in [0.2, 0.25) is 0 Å². The highest BCUT2D eigenvalue weighted by atomic mass is 16.5. The highest BCUT2D eigenvalue weighted by Gasteiger charge is 2.24. The van der Waals surface area contributed by atoms with E-state index in [4.69, 9.17) is 35.4 Å². The standard InChI is InChI=1S/C8H14O2.C6H14O3.3C3H4O2/c1-6(2)5-10-8(9)7(3)4;1-2-6(3-7,4-8)5-9;3*1-2-3(4)5/h6H,3,5H2,1-2,4H3;7-9H,2-5H2,1H3;3*2H,1H2,(H,4,5). The number of hydrogen-bond acceptors (Lipinski definition) is 8. The number of carbonyl (C=O) groups excluding carboxylic acids is 1. The fourth-order valence-corrected chi connectivity index (χ4v) is 0.851. The molecule has 0 amide bonds. The van der Waals surface area contributed by atoms with Crippen LogP contribution in [-0.4, -0.2) is 80.9 Å². The summed E-state index contributed by atoms with van der Waals surface area (Å²) in [7, 11) is 0. The summed E-state index contributed by atoms with van der Waals surface area (Å²) < 4.78 is 4.83. The minimum absolute atomic E-state index is 0.156. The first-order valence-electron chi connectivity index (χ1n) is 9.81. The first kappa shape index (κ1) is 41.0. The Hall–Kier alpha value is -3.28. The van der Waals surface area contributed by atoms with E-state index in [0.29, 0.717) is 24.5 Å². The summed E-state index contributed by atoms with van der Waals surface area (Å²) in [6.45, 7) is 19.8. The Balaban J connectivity index is -0.000000107. The number of carboxylic acids is 3. The van der Waals surface area contributed by atoms with Gasteiger partial charge in [-0.05, 0) is 19.3 Å². The molecule has 0 heterocycles. The number of aliphatic carboxylic acids is 3. The van der Waals surface area contributed by atoms with Gasteiger partial charge in [0.15, 0.2) is 0 Å². The lowest BCUT2D eigenvalue weighted by molar-refractivity contribution is -0.140. The van der Waals surface area contributed by atoms with Gasteiger partial charge in [0, 0.05) is 29.2 Å². The van der Waals surface area contributed by atoms with Crippen molar-refractivity contribution >= 4 is 23.9 Å². The molecule has 0 aliphatic rings. The quantitative estimate of drug-likeness (QED) is 0.192. The lowest BCUT2D eigenvalue weighted by Gasteiger charge is -2.24. The molecule has 198 valence electrons. The molecule has 6 N–H and O–H groups in total. The minimum atomic E-state index is -0.981. The molecule has 0 saturated carbocycles. The predicted molar refractivity (Wildman–Crippen MR) is 128 cm³/mol. The number of carbonyl (C=O) groups is 4. The summed E-state index contributed by atoms with van der Waals surface area (Å²) >= 11 is 0. The van der Waals surface area contributed by atoms with Crippen molar-refractivity contribution in [1.29, 1.82) is 0 Å². The van der Waals surface area contributed by atoms with Gasteiger partial charge in [-0.25, -0.2) is 19.2 Å². The van der Waals surface area contributed by atoms with Gasteiger partial charge in [0.05, 0.1) is 26.4 Å². The molecular formula is C23H40O11. The molecule has 0 radical (unpaired) electrons. The topological polar surface area (TPSA) is 199 Å². The second-order valence-electron chi connectivity index (χ2n) is 6.73. The zero-order valence-electron chi connectivity index (χ0n) is 20.4. The zero-order chi connectivity index (χ0) is 28.3. The van der Waals surface area contributed by atoms with E-state index in [-0.39, 0.29) is 25.8 Å². The number of aliphatic hydroxyl groups excluding tert-OH is 3. The molecule has 0 saturated heterocycles. The molecule has 0 aromatic heterocycles. The molecule has 0 aliphatic heterocycles. The summed E-state index contributed by atoms with van der Waals surface area (Å²) in [4.78, 5) is 38.5. The van der Waals surface area contributed by atoms with Crippen LogP contribution >= 0.6 is 0 Å². The Morgan fingerprint density at radius 1 is 0.824 bits per heavy atom. The molecule has 11 heteroatoms. The van der Waals surface area contributed by atoms with Gasteiger partial charge in [-0.15, -0.1) is 0 Å². The monoisotopic (exact) mass is 492 g/mol. The molecule has 0 atom stereocenters. The molecule has 0 unspecified atom stereocenters. The van der Waals surface area contributed by atoms with E-state index in [0.717, 1.165) is 18.2 Å². The van der Waals surface area contributed by atoms with Gasteiger partial charge >= 0.3 is 23.9 Å². The predicted octanol–water partition coefficient (Wildman–Crippen LogP) is 1.89. The molecule has 34 heavy (non-hydrogen) atoms. The molecule has 11 nitrogen and oxygen atoms in total. The summed E-state index contributed by atoms with van der Waals surface area (Å²) in [6, 6.07) is 0. The normalized spacial score (nSPS) is 8.82. The van der Waals surface area contributed by atoms with Crippen LogP contribution in [0.15, 0.2) is 50.1 Å². The molecule has 0 bridgehead atoms. The molecule has 0 spiro atoms. The van der Waals surface area contributed by atoms with Gasteiger partial charge in [-0.3, -0.25) is 0 Å². The van der Waals surface area contributed by atoms with Crippen molar-refractivity contribution in [2.75, 3.05) is 26.4 Å². The van der Waals surface area contributed by atoms with Crippen molar-refractivity contribution in [3.05, 3.63) is 50.1 Å². The third-order valence-corrected chi connectivity index (χ3v) is 3.18. The van der Waals surface area contributed by atoms with E-state index in [9.17, 15) is 19.2 Å². The number of rotatable bonds is 10. The molecule has 0 fully saturated rings. The maximum atomic E-state index is 10.7. The Labute approximate surface area is 201 Å². The lowest BCUT2D eigenvalue weighted by atomic mass is 9.88. The fourth-order valence-electron chi connectivity index (χ4n) is 0.851. The summed E-state index contributed by atoms with van der Waals surface area (Å²) in [5.41, 5.74) is -0.208. The second-order valence-corrected chi connectivity index (χ2v) is 6.73. The Morgan fingerprint density at radius 3 is 1.18 bits per heavy atom. The van der Waals surface area contributed by atoms with Crippen LogP contribution in [0.5, 0.6) is 0 Å². The highest BCUT2D eigenvalue weighted by molar-refractivity contribution is 5.86. The average Bonchev–Trinajstić information content (AvgIpc) is 2.80. The Bertz CT molecular complexity index is 558. The van der Waals surface area contributed by atoms with Gasteiger partial charge < -0.3 is 35.4 Å².